The third-order valence-corrected chi connectivity index (χ3v) is 11.3. The monoisotopic (exact) mass is 921 g/mol. The molecule has 0 aromatic carbocycles. The van der Waals surface area contributed by atoms with E-state index in [-0.39, 0.29) is 12.8 Å². The lowest BCUT2D eigenvalue weighted by molar-refractivity contribution is -0.220. The van der Waals surface area contributed by atoms with Crippen molar-refractivity contribution < 1.29 is 67.8 Å². The molecule has 0 bridgehead atoms. The van der Waals surface area contributed by atoms with Crippen LogP contribution in [-0.2, 0) is 37.4 Å². The van der Waals surface area contributed by atoms with Crippen molar-refractivity contribution in [2.24, 2.45) is 0 Å². The minimum absolute atomic E-state index is 0.0285. The predicted octanol–water partition coefficient (Wildman–Crippen LogP) is 8.04. The fourth-order valence-electron chi connectivity index (χ4n) is 6.54. The number of phosphoric ester groups is 1. The number of rotatable bonds is 35. The van der Waals surface area contributed by atoms with Crippen LogP contribution in [0.2, 0.25) is 0 Å². The van der Waals surface area contributed by atoms with Crippen molar-refractivity contribution in [1.29, 1.82) is 0 Å². The molecular formula is C49H77O14P. The number of carbonyl (C=O) groups excluding carboxylic acids is 2. The quantitative estimate of drug-likeness (QED) is 0.0116. The molecule has 6 N–H and O–H groups in total. The van der Waals surface area contributed by atoms with E-state index in [1.807, 2.05) is 18.2 Å². The van der Waals surface area contributed by atoms with Gasteiger partial charge in [-0.15, -0.1) is 0 Å². The zero-order valence-electron chi connectivity index (χ0n) is 38.0. The van der Waals surface area contributed by atoms with Crippen LogP contribution < -0.4 is 0 Å². The first-order chi connectivity index (χ1) is 30.9. The molecule has 14 nitrogen and oxygen atoms in total. The normalized spacial score (nSPS) is 25.6. The van der Waals surface area contributed by atoms with Gasteiger partial charge in [0.1, 0.15) is 43.2 Å². The van der Waals surface area contributed by atoms with E-state index in [2.05, 4.69) is 92.8 Å². The van der Waals surface area contributed by atoms with Gasteiger partial charge < -0.3 is 44.6 Å². The van der Waals surface area contributed by atoms with Gasteiger partial charge >= 0.3 is 19.8 Å². The summed E-state index contributed by atoms with van der Waals surface area (Å²) in [5.74, 6) is -1.23. The number of aliphatic hydroxyl groups excluding tert-OH is 5. The van der Waals surface area contributed by atoms with E-state index in [1.54, 1.807) is 0 Å². The molecule has 0 spiro atoms. The van der Waals surface area contributed by atoms with E-state index < -0.39 is 75.7 Å². The molecule has 10 atom stereocenters. The number of hydrogen-bond donors (Lipinski definition) is 6. The maximum Gasteiger partial charge on any atom is 0.472 e. The molecule has 1 saturated heterocycles. The van der Waals surface area contributed by atoms with Gasteiger partial charge in [-0.05, 0) is 83.5 Å². The Balaban J connectivity index is 1.74. The topological polar surface area (TPSA) is 222 Å². The standard InChI is InChI=1S/C49H77O14P/c1-3-5-7-8-9-10-11-12-13-14-19-22-25-28-32-36-43(51)61-39(38-60-64(57,58)63-49-47(55)45(53)44(52)46(54)48(49)56)37-59-42(50)35-31-27-24-21-18-16-15-17-20-23-26-30-34-41-40(62-41)33-29-6-4-2/h5-7,9-10,12-13,16-18,20,24,26-27,29-30,39-41,44-49,52-56H,3-4,8,11,14-15,19,21-23,25,28,31-38H2,1-2H3,(H,57,58)/b7-5-,10-9-,13-12-,18-16-,20-17-,27-24-,29-6-,30-26-/t39-,40?,41?,44?,45-,46+,47-,48-,49?/m1/s1. The average molecular weight is 921 g/mol. The molecule has 0 radical (unpaired) electrons. The van der Waals surface area contributed by atoms with Crippen molar-refractivity contribution in [1.82, 2.24) is 0 Å². The lowest BCUT2D eigenvalue weighted by Gasteiger charge is -2.41. The highest BCUT2D eigenvalue weighted by Gasteiger charge is 2.51. The highest BCUT2D eigenvalue weighted by molar-refractivity contribution is 7.47. The van der Waals surface area contributed by atoms with Crippen molar-refractivity contribution in [3.8, 4) is 0 Å². The van der Waals surface area contributed by atoms with Crippen LogP contribution in [0.3, 0.4) is 0 Å². The summed E-state index contributed by atoms with van der Waals surface area (Å²) in [7, 11) is -5.15. The molecule has 2 aliphatic rings. The van der Waals surface area contributed by atoms with E-state index in [0.29, 0.717) is 31.5 Å². The Hall–Kier alpha value is -3.27. The molecule has 0 amide bonds. The Morgan fingerprint density at radius 1 is 0.547 bits per heavy atom. The van der Waals surface area contributed by atoms with Crippen LogP contribution in [0, 0.1) is 0 Å². The van der Waals surface area contributed by atoms with Gasteiger partial charge in [0.15, 0.2) is 6.10 Å². The van der Waals surface area contributed by atoms with Crippen LogP contribution in [0.5, 0.6) is 0 Å². The number of esters is 2. The Morgan fingerprint density at radius 3 is 1.58 bits per heavy atom. The Bertz CT molecular complexity index is 1550. The Morgan fingerprint density at radius 2 is 1.00 bits per heavy atom. The first-order valence-electron chi connectivity index (χ1n) is 23.2. The van der Waals surface area contributed by atoms with Crippen LogP contribution in [0.15, 0.2) is 97.2 Å². The minimum Gasteiger partial charge on any atom is -0.462 e. The molecule has 5 unspecified atom stereocenters. The van der Waals surface area contributed by atoms with Gasteiger partial charge in [0, 0.05) is 12.8 Å². The summed E-state index contributed by atoms with van der Waals surface area (Å²) in [4.78, 5) is 35.7. The van der Waals surface area contributed by atoms with Gasteiger partial charge in [-0.1, -0.05) is 130 Å². The van der Waals surface area contributed by atoms with Crippen molar-refractivity contribution in [2.75, 3.05) is 13.2 Å². The number of allylic oxidation sites excluding steroid dienone is 14. The number of aliphatic hydroxyl groups is 5. The minimum atomic E-state index is -5.15. The smallest absolute Gasteiger partial charge is 0.462 e. The van der Waals surface area contributed by atoms with Gasteiger partial charge in [0.05, 0.1) is 18.8 Å². The van der Waals surface area contributed by atoms with Crippen molar-refractivity contribution in [3.63, 3.8) is 0 Å². The van der Waals surface area contributed by atoms with E-state index in [1.165, 1.54) is 0 Å². The number of unbranched alkanes of at least 4 members (excludes halogenated alkanes) is 5. The third-order valence-electron chi connectivity index (χ3n) is 10.3. The highest BCUT2D eigenvalue weighted by Crippen LogP contribution is 2.47. The third kappa shape index (κ3) is 26.6. The zero-order chi connectivity index (χ0) is 46.8. The van der Waals surface area contributed by atoms with Crippen molar-refractivity contribution >= 4 is 19.8 Å². The average Bonchev–Trinajstić information content (AvgIpc) is 4.03. The van der Waals surface area contributed by atoms with E-state index in [4.69, 9.17) is 23.3 Å². The van der Waals surface area contributed by atoms with Gasteiger partial charge in [0.25, 0.3) is 0 Å². The summed E-state index contributed by atoms with van der Waals surface area (Å²) in [6.07, 6.45) is 35.1. The largest absolute Gasteiger partial charge is 0.472 e. The molecule has 2 rings (SSSR count). The summed E-state index contributed by atoms with van der Waals surface area (Å²) in [6.45, 7) is 2.97. The first-order valence-corrected chi connectivity index (χ1v) is 24.7. The summed E-state index contributed by atoms with van der Waals surface area (Å²) >= 11 is 0. The van der Waals surface area contributed by atoms with Crippen LogP contribution >= 0.6 is 7.82 Å². The number of phosphoric acid groups is 1. The highest BCUT2D eigenvalue weighted by atomic mass is 31.2. The fraction of sp³-hybridized carbons (Fsp3) is 0.633. The van der Waals surface area contributed by atoms with E-state index >= 15 is 0 Å². The van der Waals surface area contributed by atoms with Gasteiger partial charge in [-0.2, -0.15) is 0 Å². The second kappa shape index (κ2) is 35.0. The molecule has 0 aromatic rings. The molecular weight excluding hydrogens is 843 g/mol. The summed E-state index contributed by atoms with van der Waals surface area (Å²) in [6, 6.07) is 0. The SMILES string of the molecule is CC/C=C\C/C=C\C/C=C\CCCCCCCC(=O)O[C@H](COC(=O)CC/C=C\C/C=C\C/C=C\C/C=C\CC1OC1C/C=C\CC)COP(=O)(O)OC1[C@H](O)[C@H](O)C(O)[C@H](O)[C@H]1O. The molecule has 362 valence electrons. The molecule has 1 aliphatic heterocycles. The van der Waals surface area contributed by atoms with Gasteiger partial charge in [0.2, 0.25) is 0 Å². The van der Waals surface area contributed by atoms with Crippen LogP contribution in [-0.4, -0.2) is 111 Å². The van der Waals surface area contributed by atoms with E-state index in [9.17, 15) is 44.6 Å². The lowest BCUT2D eigenvalue weighted by Crippen LogP contribution is -2.64. The molecule has 64 heavy (non-hydrogen) atoms. The molecule has 0 aromatic heterocycles. The van der Waals surface area contributed by atoms with Crippen LogP contribution in [0.25, 0.3) is 0 Å². The summed E-state index contributed by atoms with van der Waals surface area (Å²) in [5.41, 5.74) is 0. The number of epoxide rings is 1. The molecule has 1 aliphatic carbocycles. The first kappa shape index (κ1) is 56.9. The maximum absolute atomic E-state index is 12.8. The number of carbonyl (C=O) groups is 2. The second-order valence-corrected chi connectivity index (χ2v) is 17.3. The molecule has 1 heterocycles. The van der Waals surface area contributed by atoms with Crippen molar-refractivity contribution in [3.05, 3.63) is 97.2 Å². The van der Waals surface area contributed by atoms with Gasteiger partial charge in [-0.25, -0.2) is 4.57 Å². The summed E-state index contributed by atoms with van der Waals surface area (Å²) < 4.78 is 39.1. The van der Waals surface area contributed by atoms with Crippen molar-refractivity contribution in [2.45, 2.75) is 184 Å². The number of ether oxygens (including phenoxy) is 3. The molecule has 2 fully saturated rings. The number of hydrogen-bond acceptors (Lipinski definition) is 13. The molecule has 15 heteroatoms. The van der Waals surface area contributed by atoms with Crippen LogP contribution in [0.1, 0.15) is 129 Å². The Kier molecular flexibility index (Phi) is 31.1. The predicted molar refractivity (Wildman–Crippen MR) is 248 cm³/mol. The zero-order valence-corrected chi connectivity index (χ0v) is 38.9. The summed E-state index contributed by atoms with van der Waals surface area (Å²) in [5, 5.41) is 50.2. The lowest BCUT2D eigenvalue weighted by atomic mass is 9.85. The second-order valence-electron chi connectivity index (χ2n) is 15.9. The molecule has 1 saturated carbocycles. The van der Waals surface area contributed by atoms with Crippen LogP contribution in [0.4, 0.5) is 0 Å². The fourth-order valence-corrected chi connectivity index (χ4v) is 7.52. The van der Waals surface area contributed by atoms with Gasteiger partial charge in [-0.3, -0.25) is 18.6 Å². The van der Waals surface area contributed by atoms with E-state index in [0.717, 1.165) is 83.5 Å². The Labute approximate surface area is 381 Å². The maximum atomic E-state index is 12.8.